The van der Waals surface area contributed by atoms with Crippen molar-refractivity contribution >= 4 is 5.97 Å². The zero-order valence-electron chi connectivity index (χ0n) is 23.0. The topological polar surface area (TPSA) is 37.3 Å². The number of hydrogen-bond acceptors (Lipinski definition) is 1. The van der Waals surface area contributed by atoms with E-state index < -0.39 is 44.2 Å². The number of aliphatic carboxylic acids is 1. The first kappa shape index (κ1) is 7.29. The highest BCUT2D eigenvalue weighted by Gasteiger charge is 1.95. The van der Waals surface area contributed by atoms with Crippen LogP contribution < -0.4 is 0 Å². The molecule has 0 aliphatic heterocycles. The fourth-order valence-electron chi connectivity index (χ4n) is 1.33. The van der Waals surface area contributed by atoms with Gasteiger partial charge in [0.25, 0.3) is 0 Å². The van der Waals surface area contributed by atoms with Crippen LogP contribution in [0.5, 0.6) is 0 Å². The standard InChI is InChI=1S/C18H32O2/c1-2-3-4-5-6-7-8-9-10-11-12-13-14-15-16-17-18(19)20/h6-7,9-10H,2-5,8,11-17H2,1H3,(H,19,20)/b7-6-,10-9-/i12D,13D2,14D2,15D2,16D2,17D2. The molecule has 0 aliphatic rings. The summed E-state index contributed by atoms with van der Waals surface area (Å²) < 4.78 is 85.5. The van der Waals surface area contributed by atoms with Gasteiger partial charge in [-0.3, -0.25) is 4.79 Å². The first-order valence-electron chi connectivity index (χ1n) is 12.5. The smallest absolute Gasteiger partial charge is 0.303 e. The number of hydrogen-bond donors (Lipinski definition) is 1. The van der Waals surface area contributed by atoms with Crippen LogP contribution in [0.1, 0.15) is 98.8 Å². The molecule has 1 atom stereocenters. The maximum atomic E-state index is 11.1. The second kappa shape index (κ2) is 16.0. The van der Waals surface area contributed by atoms with E-state index in [4.69, 9.17) is 20.2 Å². The van der Waals surface area contributed by atoms with Crippen molar-refractivity contribution in [1.29, 1.82) is 0 Å². The zero-order chi connectivity index (χ0) is 24.7. The van der Waals surface area contributed by atoms with E-state index in [2.05, 4.69) is 6.92 Å². The van der Waals surface area contributed by atoms with Crippen LogP contribution in [0.3, 0.4) is 0 Å². The van der Waals surface area contributed by atoms with Crippen molar-refractivity contribution in [1.82, 2.24) is 0 Å². The molecule has 0 bridgehead atoms. The molecule has 0 fully saturated rings. The summed E-state index contributed by atoms with van der Waals surface area (Å²) >= 11 is 0. The molecule has 20 heavy (non-hydrogen) atoms. The molecule has 0 aromatic carbocycles. The molecule has 0 amide bonds. The van der Waals surface area contributed by atoms with Crippen LogP contribution in [0.4, 0.5) is 0 Å². The minimum absolute atomic E-state index is 0.291. The number of unbranched alkanes of at least 4 members (excludes halogenated alkanes) is 3. The van der Waals surface area contributed by atoms with Crippen molar-refractivity contribution in [2.75, 3.05) is 0 Å². The lowest BCUT2D eigenvalue weighted by Gasteiger charge is -1.98. The normalized spacial score (nSPS) is 24.9. The molecule has 1 unspecified atom stereocenters. The minimum atomic E-state index is -3.93. The molecule has 0 aromatic rings. The van der Waals surface area contributed by atoms with Gasteiger partial charge in [0.2, 0.25) is 0 Å². The quantitative estimate of drug-likeness (QED) is 0.320. The highest BCUT2D eigenvalue weighted by Crippen LogP contribution is 2.08. The number of rotatable bonds is 14. The van der Waals surface area contributed by atoms with Crippen LogP contribution in [0.25, 0.3) is 0 Å². The minimum Gasteiger partial charge on any atom is -0.481 e. The lowest BCUT2D eigenvalue weighted by Crippen LogP contribution is -1.93. The van der Waals surface area contributed by atoms with Crippen LogP contribution in [0, 0.1) is 0 Å². The summed E-state index contributed by atoms with van der Waals surface area (Å²) in [6, 6.07) is 0. The fraction of sp³-hybridized carbons (Fsp3) is 0.722. The Balaban J connectivity index is 5.37. The van der Waals surface area contributed by atoms with Crippen LogP contribution in [-0.2, 0) is 4.79 Å². The Hall–Kier alpha value is -1.05. The molecule has 0 aromatic heterocycles. The molecule has 0 rings (SSSR count). The Morgan fingerprint density at radius 1 is 1.00 bits per heavy atom. The second-order valence-corrected chi connectivity index (χ2v) is 4.06. The number of carboxylic acids is 1. The Labute approximate surface area is 140 Å². The summed E-state index contributed by atoms with van der Waals surface area (Å²) in [5.41, 5.74) is 0. The summed E-state index contributed by atoms with van der Waals surface area (Å²) in [5, 5.41) is 8.92. The van der Waals surface area contributed by atoms with E-state index in [0.717, 1.165) is 25.7 Å². The van der Waals surface area contributed by atoms with Gasteiger partial charge in [-0.25, -0.2) is 0 Å². The molecule has 116 valence electrons. The van der Waals surface area contributed by atoms with Crippen LogP contribution in [-0.4, -0.2) is 11.1 Å². The van der Waals surface area contributed by atoms with Gasteiger partial charge < -0.3 is 5.11 Å². The van der Waals surface area contributed by atoms with Gasteiger partial charge >= 0.3 is 5.97 Å². The van der Waals surface area contributed by atoms with Crippen LogP contribution in [0.15, 0.2) is 24.3 Å². The molecule has 0 radical (unpaired) electrons. The highest BCUT2D eigenvalue weighted by atomic mass is 16.4. The Morgan fingerprint density at radius 2 is 1.70 bits per heavy atom. The Morgan fingerprint density at radius 3 is 2.40 bits per heavy atom. The van der Waals surface area contributed by atoms with Gasteiger partial charge in [0.1, 0.15) is 0 Å². The van der Waals surface area contributed by atoms with E-state index >= 15 is 0 Å². The van der Waals surface area contributed by atoms with Gasteiger partial charge in [-0.2, -0.15) is 0 Å². The first-order chi connectivity index (χ1) is 13.9. The van der Waals surface area contributed by atoms with Gasteiger partial charge in [-0.05, 0) is 38.5 Å². The van der Waals surface area contributed by atoms with Crippen molar-refractivity contribution in [3.63, 3.8) is 0 Å². The van der Waals surface area contributed by atoms with Crippen molar-refractivity contribution in [2.45, 2.75) is 83.7 Å². The third-order valence-electron chi connectivity index (χ3n) is 2.30. The molecule has 2 nitrogen and oxygen atoms in total. The van der Waals surface area contributed by atoms with Gasteiger partial charge in [0.15, 0.2) is 0 Å². The maximum absolute atomic E-state index is 11.1. The van der Waals surface area contributed by atoms with Crippen molar-refractivity contribution in [3.8, 4) is 0 Å². The van der Waals surface area contributed by atoms with E-state index in [1.807, 2.05) is 12.2 Å². The predicted octanol–water partition coefficient (Wildman–Crippen LogP) is 5.88. The highest BCUT2D eigenvalue weighted by molar-refractivity contribution is 5.66. The number of carboxylic acid groups (broad SMARTS) is 1. The zero-order valence-corrected chi connectivity index (χ0v) is 12.0. The summed E-state index contributed by atoms with van der Waals surface area (Å²) in [5.74, 6) is -2.34. The van der Waals surface area contributed by atoms with Crippen LogP contribution >= 0.6 is 0 Å². The molecule has 0 saturated heterocycles. The Kier molecular flexibility index (Phi) is 5.83. The number of carbonyl (C=O) groups is 1. The van der Waals surface area contributed by atoms with E-state index in [1.165, 1.54) is 6.08 Å². The summed E-state index contributed by atoms with van der Waals surface area (Å²) in [6.45, 7) is 2.10. The van der Waals surface area contributed by atoms with Crippen molar-refractivity contribution < 1.29 is 25.0 Å². The molecular weight excluding hydrogens is 248 g/mol. The van der Waals surface area contributed by atoms with E-state index in [-0.39, 0.29) is 6.42 Å². The lowest BCUT2D eigenvalue weighted by molar-refractivity contribution is -0.137. The molecule has 0 saturated carbocycles. The van der Waals surface area contributed by atoms with Gasteiger partial charge in [0.05, 0.1) is 0 Å². The van der Waals surface area contributed by atoms with E-state index in [9.17, 15) is 4.79 Å². The summed E-state index contributed by atoms with van der Waals surface area (Å²) in [6.07, 6.45) is -8.96. The molecule has 2 heteroatoms. The average Bonchev–Trinajstić information content (AvgIpc) is 2.65. The average molecular weight is 292 g/mol. The summed E-state index contributed by atoms with van der Waals surface area (Å²) in [4.78, 5) is 11.1. The van der Waals surface area contributed by atoms with E-state index in [0.29, 0.717) is 6.42 Å². The van der Waals surface area contributed by atoms with Crippen molar-refractivity contribution in [3.05, 3.63) is 24.3 Å². The fourth-order valence-corrected chi connectivity index (χ4v) is 1.33. The third-order valence-corrected chi connectivity index (χ3v) is 2.30. The molecule has 0 heterocycles. The second-order valence-electron chi connectivity index (χ2n) is 4.06. The molecule has 0 aliphatic carbocycles. The largest absolute Gasteiger partial charge is 0.481 e. The molecule has 0 spiro atoms. The van der Waals surface area contributed by atoms with Gasteiger partial charge in [-0.15, -0.1) is 0 Å². The lowest BCUT2D eigenvalue weighted by atomic mass is 10.1. The molecular formula is C18H32O2. The molecule has 1 N–H and O–H groups in total. The van der Waals surface area contributed by atoms with E-state index in [1.54, 1.807) is 6.08 Å². The number of allylic oxidation sites excluding steroid dienone is 4. The van der Waals surface area contributed by atoms with Gasteiger partial charge in [0, 0.05) is 21.5 Å². The van der Waals surface area contributed by atoms with Crippen molar-refractivity contribution in [2.24, 2.45) is 0 Å². The predicted molar refractivity (Wildman–Crippen MR) is 87.0 cm³/mol. The Bertz CT molecular complexity index is 642. The first-order valence-corrected chi connectivity index (χ1v) is 6.88. The van der Waals surface area contributed by atoms with Crippen LogP contribution in [0.2, 0.25) is 0 Å². The monoisotopic (exact) mass is 291 g/mol. The van der Waals surface area contributed by atoms with Gasteiger partial charge in [-0.1, -0.05) is 63.2 Å². The summed E-state index contributed by atoms with van der Waals surface area (Å²) in [7, 11) is 0. The third kappa shape index (κ3) is 16.9. The maximum Gasteiger partial charge on any atom is 0.303 e. The SMILES string of the molecule is [2H]C(C/C=C\C/C=C\CCCCC)C([2H])([2H])C([2H])([2H])C([2H])([2H])C([2H])([2H])C([2H])([2H])C(=O)O.